The summed E-state index contributed by atoms with van der Waals surface area (Å²) in [5, 5.41) is 0.993. The number of rotatable bonds is 1. The number of hydrogen-bond donors (Lipinski definition) is 1. The first kappa shape index (κ1) is 8.90. The molecule has 1 nitrogen and oxygen atoms in total. The predicted octanol–water partition coefficient (Wildman–Crippen LogP) is 1.32. The Morgan fingerprint density at radius 2 is 1.67 bits per heavy atom. The Morgan fingerprint density at radius 3 is 2.00 bits per heavy atom. The number of halogens is 1. The van der Waals surface area contributed by atoms with Crippen molar-refractivity contribution in [1.29, 1.82) is 0 Å². The maximum atomic E-state index is 8.57. The van der Waals surface area contributed by atoms with Crippen LogP contribution in [0.15, 0.2) is 30.3 Å². The van der Waals surface area contributed by atoms with E-state index >= 15 is 0 Å². The minimum Gasteiger partial charge on any atom is -0.372 e. The second kappa shape index (κ2) is 4.75. The van der Waals surface area contributed by atoms with E-state index in [1.165, 1.54) is 0 Å². The zero-order chi connectivity index (χ0) is 5.82. The van der Waals surface area contributed by atoms with Crippen molar-refractivity contribution in [1.82, 2.24) is 0 Å². The first-order valence-electron chi connectivity index (χ1n) is 2.38. The van der Waals surface area contributed by atoms with E-state index in [1.54, 1.807) is 0 Å². The molecular weight excluding hydrogens is 154 g/mol. The van der Waals surface area contributed by atoms with E-state index in [-0.39, 0.29) is 21.2 Å². The molecule has 0 spiro atoms. The van der Waals surface area contributed by atoms with Gasteiger partial charge < -0.3 is 4.89 Å². The van der Waals surface area contributed by atoms with E-state index in [1.807, 2.05) is 30.3 Å². The standard InChI is InChI=1S/C6H7OP.ClH/c7-8-6-4-2-1-3-5-6;/h1-5,7-8H;1H. The van der Waals surface area contributed by atoms with Gasteiger partial charge >= 0.3 is 0 Å². The van der Waals surface area contributed by atoms with Gasteiger partial charge in [0.05, 0.1) is 0 Å². The van der Waals surface area contributed by atoms with E-state index in [2.05, 4.69) is 0 Å². The van der Waals surface area contributed by atoms with Crippen molar-refractivity contribution < 1.29 is 4.89 Å². The van der Waals surface area contributed by atoms with Gasteiger partial charge in [0.25, 0.3) is 0 Å². The number of hydrogen-bond acceptors (Lipinski definition) is 1. The molecule has 1 unspecified atom stereocenters. The minimum absolute atomic E-state index is 0. The van der Waals surface area contributed by atoms with E-state index in [0.717, 1.165) is 5.30 Å². The molecule has 0 bridgehead atoms. The van der Waals surface area contributed by atoms with Crippen LogP contribution in [0.2, 0.25) is 0 Å². The van der Waals surface area contributed by atoms with Crippen molar-refractivity contribution >= 4 is 26.5 Å². The molecule has 0 amide bonds. The highest BCUT2D eigenvalue weighted by Gasteiger charge is 1.81. The van der Waals surface area contributed by atoms with Gasteiger partial charge in [-0.15, -0.1) is 12.4 Å². The highest BCUT2D eigenvalue weighted by atomic mass is 35.5. The number of benzene rings is 1. The van der Waals surface area contributed by atoms with Crippen molar-refractivity contribution in [3.8, 4) is 0 Å². The Balaban J connectivity index is 0.000000640. The third kappa shape index (κ3) is 2.81. The molecule has 1 aromatic rings. The predicted molar refractivity (Wildman–Crippen MR) is 43.9 cm³/mol. The third-order valence-electron chi connectivity index (χ3n) is 0.903. The zero-order valence-electron chi connectivity index (χ0n) is 4.74. The van der Waals surface area contributed by atoms with Crippen LogP contribution in [0.1, 0.15) is 0 Å². The van der Waals surface area contributed by atoms with Crippen LogP contribution in [0.5, 0.6) is 0 Å². The average Bonchev–Trinajstić information content (AvgIpc) is 1.90. The second-order valence-corrected chi connectivity index (χ2v) is 2.28. The lowest BCUT2D eigenvalue weighted by atomic mass is 10.4. The van der Waals surface area contributed by atoms with Crippen LogP contribution >= 0.6 is 21.2 Å². The van der Waals surface area contributed by atoms with Gasteiger partial charge in [-0.2, -0.15) is 0 Å². The molecule has 1 aromatic carbocycles. The molecule has 1 rings (SSSR count). The zero-order valence-corrected chi connectivity index (χ0v) is 6.56. The molecule has 9 heavy (non-hydrogen) atoms. The van der Waals surface area contributed by atoms with Crippen molar-refractivity contribution in [2.24, 2.45) is 0 Å². The Hall–Kier alpha value is -0.100. The van der Waals surface area contributed by atoms with E-state index in [4.69, 9.17) is 4.89 Å². The third-order valence-corrected chi connectivity index (χ3v) is 1.49. The summed E-state index contributed by atoms with van der Waals surface area (Å²) in [6.45, 7) is 0. The topological polar surface area (TPSA) is 20.2 Å². The summed E-state index contributed by atoms with van der Waals surface area (Å²) >= 11 is 0. The smallest absolute Gasteiger partial charge is 0.0420 e. The lowest BCUT2D eigenvalue weighted by Crippen LogP contribution is -1.88. The van der Waals surface area contributed by atoms with Gasteiger partial charge in [-0.1, -0.05) is 30.3 Å². The summed E-state index contributed by atoms with van der Waals surface area (Å²) in [5.41, 5.74) is 0. The Labute approximate surface area is 62.4 Å². The molecule has 0 saturated heterocycles. The molecular formula is C6H8ClOP. The fraction of sp³-hybridized carbons (Fsp3) is 0. The maximum Gasteiger partial charge on any atom is 0.0420 e. The summed E-state index contributed by atoms with van der Waals surface area (Å²) in [6.07, 6.45) is 0. The normalized spacial score (nSPS) is 9.44. The summed E-state index contributed by atoms with van der Waals surface area (Å²) < 4.78 is 0. The van der Waals surface area contributed by atoms with Crippen LogP contribution in [-0.4, -0.2) is 4.89 Å². The summed E-state index contributed by atoms with van der Waals surface area (Å²) in [4.78, 5) is 8.57. The van der Waals surface area contributed by atoms with Crippen LogP contribution in [-0.2, 0) is 0 Å². The molecule has 1 N–H and O–H groups in total. The second-order valence-electron chi connectivity index (χ2n) is 1.48. The molecule has 0 heterocycles. The molecule has 3 heteroatoms. The minimum atomic E-state index is -0.0700. The lowest BCUT2D eigenvalue weighted by molar-refractivity contribution is 0.655. The molecule has 0 aliphatic rings. The molecule has 0 saturated carbocycles. The van der Waals surface area contributed by atoms with Crippen LogP contribution in [0, 0.1) is 0 Å². The van der Waals surface area contributed by atoms with Gasteiger partial charge in [0.15, 0.2) is 0 Å². The van der Waals surface area contributed by atoms with Gasteiger partial charge in [-0.25, -0.2) is 0 Å². The van der Waals surface area contributed by atoms with E-state index < -0.39 is 0 Å². The van der Waals surface area contributed by atoms with Crippen LogP contribution in [0.3, 0.4) is 0 Å². The van der Waals surface area contributed by atoms with Crippen molar-refractivity contribution in [3.05, 3.63) is 30.3 Å². The Kier molecular flexibility index (Phi) is 4.70. The fourth-order valence-electron chi connectivity index (χ4n) is 0.513. The Morgan fingerprint density at radius 1 is 1.11 bits per heavy atom. The van der Waals surface area contributed by atoms with E-state index in [0.29, 0.717) is 0 Å². The maximum absolute atomic E-state index is 8.57. The Bertz CT molecular complexity index is 154. The van der Waals surface area contributed by atoms with Gasteiger partial charge in [0, 0.05) is 8.81 Å². The summed E-state index contributed by atoms with van der Waals surface area (Å²) in [6, 6.07) is 9.57. The average molecular weight is 163 g/mol. The quantitative estimate of drug-likeness (QED) is 0.618. The van der Waals surface area contributed by atoms with Crippen LogP contribution in [0.4, 0.5) is 0 Å². The molecule has 0 aromatic heterocycles. The van der Waals surface area contributed by atoms with Gasteiger partial charge in [-0.05, 0) is 5.30 Å². The van der Waals surface area contributed by atoms with E-state index in [9.17, 15) is 0 Å². The van der Waals surface area contributed by atoms with Crippen molar-refractivity contribution in [2.75, 3.05) is 0 Å². The largest absolute Gasteiger partial charge is 0.372 e. The molecule has 0 aliphatic carbocycles. The summed E-state index contributed by atoms with van der Waals surface area (Å²) in [7, 11) is -0.0700. The van der Waals surface area contributed by atoms with Crippen LogP contribution < -0.4 is 5.30 Å². The van der Waals surface area contributed by atoms with Crippen molar-refractivity contribution in [3.63, 3.8) is 0 Å². The first-order chi connectivity index (χ1) is 3.93. The highest BCUT2D eigenvalue weighted by molar-refractivity contribution is 7.40. The molecule has 50 valence electrons. The van der Waals surface area contributed by atoms with Gasteiger partial charge in [0.2, 0.25) is 0 Å². The van der Waals surface area contributed by atoms with Gasteiger partial charge in [0.1, 0.15) is 0 Å². The molecule has 0 radical (unpaired) electrons. The SMILES string of the molecule is Cl.OPc1ccccc1. The fourth-order valence-corrected chi connectivity index (χ4v) is 0.854. The molecule has 0 aliphatic heterocycles. The van der Waals surface area contributed by atoms with Crippen molar-refractivity contribution in [2.45, 2.75) is 0 Å². The lowest BCUT2D eigenvalue weighted by Gasteiger charge is -1.88. The molecule has 1 atom stereocenters. The molecule has 0 fully saturated rings. The highest BCUT2D eigenvalue weighted by Crippen LogP contribution is 1.99. The monoisotopic (exact) mass is 162 g/mol. The van der Waals surface area contributed by atoms with Crippen LogP contribution in [0.25, 0.3) is 0 Å². The summed E-state index contributed by atoms with van der Waals surface area (Å²) in [5.74, 6) is 0. The van der Waals surface area contributed by atoms with Gasteiger partial charge in [-0.3, -0.25) is 0 Å². The first-order valence-corrected chi connectivity index (χ1v) is 3.33.